The first-order chi connectivity index (χ1) is 6.63. The number of benzene rings is 1. The Morgan fingerprint density at radius 3 is 2.79 bits per heavy atom. The van der Waals surface area contributed by atoms with Crippen LogP contribution in [-0.4, -0.2) is 13.2 Å². The van der Waals surface area contributed by atoms with Crippen molar-refractivity contribution in [2.24, 2.45) is 11.7 Å². The van der Waals surface area contributed by atoms with Crippen LogP contribution in [0, 0.1) is 17.6 Å². The summed E-state index contributed by atoms with van der Waals surface area (Å²) in [4.78, 5) is 0. The smallest absolute Gasteiger partial charge is 0.165 e. The number of hydrogen-bond donors (Lipinski definition) is 1. The van der Waals surface area contributed by atoms with Crippen LogP contribution in [0.4, 0.5) is 8.78 Å². The third-order valence-electron chi connectivity index (χ3n) is 1.82. The van der Waals surface area contributed by atoms with E-state index in [1.54, 1.807) is 0 Å². The lowest BCUT2D eigenvalue weighted by atomic mass is 10.2. The zero-order chi connectivity index (χ0) is 10.6. The second-order valence-corrected chi connectivity index (χ2v) is 3.23. The fourth-order valence-electron chi connectivity index (χ4n) is 0.888. The third kappa shape index (κ3) is 2.96. The first-order valence-corrected chi connectivity index (χ1v) is 4.41. The van der Waals surface area contributed by atoms with Crippen molar-refractivity contribution in [1.82, 2.24) is 0 Å². The van der Waals surface area contributed by atoms with Gasteiger partial charge < -0.3 is 10.5 Å². The Hall–Kier alpha value is -1.16. The van der Waals surface area contributed by atoms with Crippen LogP contribution in [0.3, 0.4) is 0 Å². The van der Waals surface area contributed by atoms with E-state index in [2.05, 4.69) is 0 Å². The van der Waals surface area contributed by atoms with E-state index in [0.29, 0.717) is 6.54 Å². The molecule has 1 aromatic rings. The van der Waals surface area contributed by atoms with Gasteiger partial charge in [-0.15, -0.1) is 0 Å². The van der Waals surface area contributed by atoms with Crippen molar-refractivity contribution in [2.45, 2.75) is 6.92 Å². The molecule has 0 fully saturated rings. The summed E-state index contributed by atoms with van der Waals surface area (Å²) in [6.45, 7) is 2.62. The molecule has 1 rings (SSSR count). The standard InChI is InChI=1S/C10H13F2NO/c1-7(5-13)6-14-10-4-8(11)2-3-9(10)12/h2-4,7H,5-6,13H2,1H3. The highest BCUT2D eigenvalue weighted by atomic mass is 19.1. The van der Waals surface area contributed by atoms with Crippen LogP contribution in [0.25, 0.3) is 0 Å². The molecule has 0 spiro atoms. The van der Waals surface area contributed by atoms with Crippen molar-refractivity contribution < 1.29 is 13.5 Å². The molecule has 0 amide bonds. The predicted octanol–water partition coefficient (Wildman–Crippen LogP) is 1.94. The van der Waals surface area contributed by atoms with Gasteiger partial charge in [0.2, 0.25) is 0 Å². The molecule has 2 N–H and O–H groups in total. The Balaban J connectivity index is 2.62. The summed E-state index contributed by atoms with van der Waals surface area (Å²) in [7, 11) is 0. The van der Waals surface area contributed by atoms with Crippen LogP contribution in [0.5, 0.6) is 5.75 Å². The second-order valence-electron chi connectivity index (χ2n) is 3.23. The topological polar surface area (TPSA) is 35.2 Å². The van der Waals surface area contributed by atoms with E-state index >= 15 is 0 Å². The van der Waals surface area contributed by atoms with E-state index in [1.807, 2.05) is 6.92 Å². The molecule has 14 heavy (non-hydrogen) atoms. The lowest BCUT2D eigenvalue weighted by Crippen LogP contribution is -2.18. The maximum Gasteiger partial charge on any atom is 0.165 e. The number of halogens is 2. The van der Waals surface area contributed by atoms with Gasteiger partial charge >= 0.3 is 0 Å². The monoisotopic (exact) mass is 201 g/mol. The molecule has 1 aromatic carbocycles. The molecule has 0 aliphatic rings. The fraction of sp³-hybridized carbons (Fsp3) is 0.400. The maximum atomic E-state index is 13.0. The summed E-state index contributed by atoms with van der Waals surface area (Å²) >= 11 is 0. The Morgan fingerprint density at radius 1 is 1.43 bits per heavy atom. The number of hydrogen-bond acceptors (Lipinski definition) is 2. The van der Waals surface area contributed by atoms with E-state index in [4.69, 9.17) is 10.5 Å². The Morgan fingerprint density at radius 2 is 2.14 bits per heavy atom. The number of ether oxygens (including phenoxy) is 1. The highest BCUT2D eigenvalue weighted by molar-refractivity contribution is 5.24. The van der Waals surface area contributed by atoms with Crippen molar-refractivity contribution in [3.8, 4) is 5.75 Å². The zero-order valence-corrected chi connectivity index (χ0v) is 7.97. The second kappa shape index (κ2) is 4.91. The summed E-state index contributed by atoms with van der Waals surface area (Å²) < 4.78 is 30.8. The van der Waals surface area contributed by atoms with Crippen LogP contribution in [0.15, 0.2) is 18.2 Å². The molecular weight excluding hydrogens is 188 g/mol. The Labute approximate surface area is 81.7 Å². The van der Waals surface area contributed by atoms with Crippen molar-refractivity contribution in [1.29, 1.82) is 0 Å². The molecule has 0 radical (unpaired) electrons. The summed E-state index contributed by atoms with van der Waals surface area (Å²) in [6.07, 6.45) is 0. The summed E-state index contributed by atoms with van der Waals surface area (Å²) in [5, 5.41) is 0. The van der Waals surface area contributed by atoms with Gasteiger partial charge in [-0.25, -0.2) is 8.78 Å². The van der Waals surface area contributed by atoms with Crippen LogP contribution in [0.1, 0.15) is 6.92 Å². The number of nitrogens with two attached hydrogens (primary N) is 1. The van der Waals surface area contributed by atoms with Gasteiger partial charge in [0.15, 0.2) is 11.6 Å². The SMILES string of the molecule is CC(CN)COc1cc(F)ccc1F. The molecular formula is C10H13F2NO. The van der Waals surface area contributed by atoms with E-state index in [0.717, 1.165) is 18.2 Å². The summed E-state index contributed by atoms with van der Waals surface area (Å²) in [6, 6.07) is 3.12. The molecule has 0 aliphatic heterocycles. The number of rotatable bonds is 4. The highest BCUT2D eigenvalue weighted by Crippen LogP contribution is 2.18. The van der Waals surface area contributed by atoms with Gasteiger partial charge in [-0.2, -0.15) is 0 Å². The summed E-state index contributed by atoms with van der Waals surface area (Å²) in [5.74, 6) is -1.01. The van der Waals surface area contributed by atoms with Crippen LogP contribution < -0.4 is 10.5 Å². The first kappa shape index (κ1) is 10.9. The lowest BCUT2D eigenvalue weighted by Gasteiger charge is -2.11. The predicted molar refractivity (Wildman–Crippen MR) is 50.1 cm³/mol. The van der Waals surface area contributed by atoms with Gasteiger partial charge in [-0.05, 0) is 18.7 Å². The fourth-order valence-corrected chi connectivity index (χ4v) is 0.888. The quantitative estimate of drug-likeness (QED) is 0.807. The zero-order valence-electron chi connectivity index (χ0n) is 7.97. The van der Waals surface area contributed by atoms with Gasteiger partial charge in [-0.3, -0.25) is 0 Å². The molecule has 4 heteroatoms. The molecule has 0 saturated heterocycles. The van der Waals surface area contributed by atoms with Gasteiger partial charge in [-0.1, -0.05) is 6.92 Å². The minimum atomic E-state index is -0.560. The van der Waals surface area contributed by atoms with Crippen molar-refractivity contribution >= 4 is 0 Å². The average molecular weight is 201 g/mol. The molecule has 2 nitrogen and oxygen atoms in total. The van der Waals surface area contributed by atoms with Gasteiger partial charge in [0, 0.05) is 12.0 Å². The van der Waals surface area contributed by atoms with Crippen LogP contribution in [-0.2, 0) is 0 Å². The van der Waals surface area contributed by atoms with Crippen LogP contribution >= 0.6 is 0 Å². The van der Waals surface area contributed by atoms with E-state index in [1.165, 1.54) is 0 Å². The van der Waals surface area contributed by atoms with Crippen molar-refractivity contribution in [3.05, 3.63) is 29.8 Å². The molecule has 0 bridgehead atoms. The first-order valence-electron chi connectivity index (χ1n) is 4.41. The lowest BCUT2D eigenvalue weighted by molar-refractivity contribution is 0.252. The average Bonchev–Trinajstić information content (AvgIpc) is 2.19. The largest absolute Gasteiger partial charge is 0.490 e. The minimum absolute atomic E-state index is 0.0645. The Kier molecular flexibility index (Phi) is 3.83. The van der Waals surface area contributed by atoms with Crippen molar-refractivity contribution in [3.63, 3.8) is 0 Å². The Bertz CT molecular complexity index is 304. The van der Waals surface area contributed by atoms with Gasteiger partial charge in [0.1, 0.15) is 5.82 Å². The van der Waals surface area contributed by atoms with E-state index in [-0.39, 0.29) is 18.3 Å². The molecule has 1 unspecified atom stereocenters. The molecule has 0 saturated carbocycles. The molecule has 0 heterocycles. The molecule has 78 valence electrons. The van der Waals surface area contributed by atoms with Gasteiger partial charge in [0.05, 0.1) is 6.61 Å². The van der Waals surface area contributed by atoms with Crippen LogP contribution in [0.2, 0.25) is 0 Å². The van der Waals surface area contributed by atoms with Crippen molar-refractivity contribution in [2.75, 3.05) is 13.2 Å². The third-order valence-corrected chi connectivity index (χ3v) is 1.82. The van der Waals surface area contributed by atoms with E-state index in [9.17, 15) is 8.78 Å². The highest BCUT2D eigenvalue weighted by Gasteiger charge is 2.06. The molecule has 0 aromatic heterocycles. The molecule has 0 aliphatic carbocycles. The minimum Gasteiger partial charge on any atom is -0.490 e. The van der Waals surface area contributed by atoms with Gasteiger partial charge in [0.25, 0.3) is 0 Å². The maximum absolute atomic E-state index is 13.0. The summed E-state index contributed by atoms with van der Waals surface area (Å²) in [5.41, 5.74) is 5.36. The normalized spacial score (nSPS) is 12.6. The van der Waals surface area contributed by atoms with E-state index < -0.39 is 11.6 Å². The molecule has 1 atom stereocenters.